The van der Waals surface area contributed by atoms with Crippen LogP contribution >= 0.6 is 0 Å². The van der Waals surface area contributed by atoms with E-state index in [1.807, 2.05) is 25.1 Å². The van der Waals surface area contributed by atoms with Gasteiger partial charge in [0.25, 0.3) is 0 Å². The van der Waals surface area contributed by atoms with Crippen LogP contribution in [-0.4, -0.2) is 66.9 Å². The van der Waals surface area contributed by atoms with Gasteiger partial charge in [-0.25, -0.2) is 0 Å². The molecule has 0 bridgehead atoms. The van der Waals surface area contributed by atoms with Gasteiger partial charge >= 0.3 is 0 Å². The van der Waals surface area contributed by atoms with E-state index in [0.29, 0.717) is 13.2 Å². The first kappa shape index (κ1) is 15.6. The molecule has 2 heterocycles. The maximum atomic E-state index is 10.8. The van der Waals surface area contributed by atoms with E-state index >= 15 is 0 Å². The molecule has 5 nitrogen and oxygen atoms in total. The van der Waals surface area contributed by atoms with Crippen LogP contribution in [0.4, 0.5) is 0 Å². The first-order valence-corrected chi connectivity index (χ1v) is 8.27. The van der Waals surface area contributed by atoms with Gasteiger partial charge < -0.3 is 19.5 Å². The molecule has 0 aliphatic carbocycles. The number of hydrogen-bond donors (Lipinski definition) is 1. The average Bonchev–Trinajstić information content (AvgIpc) is 2.56. The molecule has 1 aromatic rings. The molecule has 0 aromatic heterocycles. The van der Waals surface area contributed by atoms with E-state index in [9.17, 15) is 5.11 Å². The Morgan fingerprint density at radius 2 is 2.00 bits per heavy atom. The van der Waals surface area contributed by atoms with Crippen LogP contribution in [0.25, 0.3) is 0 Å². The quantitative estimate of drug-likeness (QED) is 0.914. The van der Waals surface area contributed by atoms with E-state index in [1.165, 1.54) is 0 Å². The van der Waals surface area contributed by atoms with E-state index in [-0.39, 0.29) is 6.04 Å². The SMILES string of the molecule is CCOc1ccc2c(c1)C(O)C(N1CCN(CC)CC1)CO2. The summed E-state index contributed by atoms with van der Waals surface area (Å²) in [4.78, 5) is 4.79. The van der Waals surface area contributed by atoms with Crippen molar-refractivity contribution in [1.29, 1.82) is 0 Å². The lowest BCUT2D eigenvalue weighted by Crippen LogP contribution is -2.54. The molecule has 2 aliphatic rings. The van der Waals surface area contributed by atoms with Crippen LogP contribution < -0.4 is 9.47 Å². The largest absolute Gasteiger partial charge is 0.494 e. The van der Waals surface area contributed by atoms with Gasteiger partial charge in [0.1, 0.15) is 24.2 Å². The zero-order valence-corrected chi connectivity index (χ0v) is 13.5. The third-order valence-electron chi connectivity index (χ3n) is 4.71. The monoisotopic (exact) mass is 306 g/mol. The number of piperazine rings is 1. The molecule has 1 fully saturated rings. The fourth-order valence-electron chi connectivity index (χ4n) is 3.34. The maximum absolute atomic E-state index is 10.8. The normalized spacial score (nSPS) is 26.3. The van der Waals surface area contributed by atoms with Crippen LogP contribution in [0.1, 0.15) is 25.5 Å². The van der Waals surface area contributed by atoms with Gasteiger partial charge in [-0.05, 0) is 31.7 Å². The Morgan fingerprint density at radius 3 is 2.68 bits per heavy atom. The van der Waals surface area contributed by atoms with Gasteiger partial charge in [-0.2, -0.15) is 0 Å². The average molecular weight is 306 g/mol. The van der Waals surface area contributed by atoms with Crippen molar-refractivity contribution in [2.45, 2.75) is 26.0 Å². The minimum absolute atomic E-state index is 0.0309. The number of ether oxygens (including phenoxy) is 2. The summed E-state index contributed by atoms with van der Waals surface area (Å²) in [6, 6.07) is 5.74. The summed E-state index contributed by atoms with van der Waals surface area (Å²) in [5.74, 6) is 1.57. The van der Waals surface area contributed by atoms with Crippen LogP contribution in [0.15, 0.2) is 18.2 Å². The van der Waals surface area contributed by atoms with Crippen molar-refractivity contribution in [1.82, 2.24) is 9.80 Å². The molecule has 3 rings (SSSR count). The Kier molecular flexibility index (Phi) is 4.86. The molecule has 0 saturated carbocycles. The summed E-state index contributed by atoms with van der Waals surface area (Å²) in [5.41, 5.74) is 0.847. The summed E-state index contributed by atoms with van der Waals surface area (Å²) in [6.45, 7) is 10.5. The van der Waals surface area contributed by atoms with Crippen LogP contribution in [0, 0.1) is 0 Å². The van der Waals surface area contributed by atoms with Gasteiger partial charge in [0, 0.05) is 31.7 Å². The second-order valence-corrected chi connectivity index (χ2v) is 5.93. The summed E-state index contributed by atoms with van der Waals surface area (Å²) in [7, 11) is 0. The minimum atomic E-state index is -0.516. The Labute approximate surface area is 132 Å². The van der Waals surface area contributed by atoms with Crippen molar-refractivity contribution in [3.05, 3.63) is 23.8 Å². The molecule has 0 radical (unpaired) electrons. The Balaban J connectivity index is 1.73. The van der Waals surface area contributed by atoms with Crippen LogP contribution in [0.5, 0.6) is 11.5 Å². The number of nitrogens with zero attached hydrogens (tertiary/aromatic N) is 2. The molecule has 2 atom stereocenters. The lowest BCUT2D eigenvalue weighted by molar-refractivity contribution is -0.0166. The molecular weight excluding hydrogens is 280 g/mol. The van der Waals surface area contributed by atoms with Crippen molar-refractivity contribution in [3.8, 4) is 11.5 Å². The highest BCUT2D eigenvalue weighted by Gasteiger charge is 2.35. The maximum Gasteiger partial charge on any atom is 0.125 e. The van der Waals surface area contributed by atoms with Gasteiger partial charge in [-0.3, -0.25) is 4.90 Å². The van der Waals surface area contributed by atoms with Gasteiger partial charge in [0.2, 0.25) is 0 Å². The lowest BCUT2D eigenvalue weighted by Gasteiger charge is -2.42. The highest BCUT2D eigenvalue weighted by Crippen LogP contribution is 2.36. The number of fused-ring (bicyclic) bond motifs is 1. The molecule has 122 valence electrons. The molecule has 22 heavy (non-hydrogen) atoms. The fraction of sp³-hybridized carbons (Fsp3) is 0.647. The highest BCUT2D eigenvalue weighted by atomic mass is 16.5. The van der Waals surface area contributed by atoms with E-state index in [1.54, 1.807) is 0 Å². The Morgan fingerprint density at radius 1 is 1.23 bits per heavy atom. The van der Waals surface area contributed by atoms with Crippen molar-refractivity contribution in [2.24, 2.45) is 0 Å². The Hall–Kier alpha value is -1.30. The van der Waals surface area contributed by atoms with E-state index < -0.39 is 6.10 Å². The van der Waals surface area contributed by atoms with E-state index in [4.69, 9.17) is 9.47 Å². The van der Waals surface area contributed by atoms with E-state index in [2.05, 4.69) is 16.7 Å². The van der Waals surface area contributed by atoms with Crippen molar-refractivity contribution < 1.29 is 14.6 Å². The standard InChI is InChI=1S/C17H26N2O3/c1-3-18-7-9-19(10-8-18)15-12-22-16-6-5-13(21-4-2)11-14(16)17(15)20/h5-6,11,15,17,20H,3-4,7-10,12H2,1-2H3. The first-order chi connectivity index (χ1) is 10.7. The van der Waals surface area contributed by atoms with Gasteiger partial charge in [-0.15, -0.1) is 0 Å². The molecular formula is C17H26N2O3. The van der Waals surface area contributed by atoms with Gasteiger partial charge in [0.05, 0.1) is 12.6 Å². The summed E-state index contributed by atoms with van der Waals surface area (Å²) in [5, 5.41) is 10.8. The Bertz CT molecular complexity index is 501. The number of hydrogen-bond acceptors (Lipinski definition) is 5. The molecule has 1 N–H and O–H groups in total. The van der Waals surface area contributed by atoms with Crippen molar-refractivity contribution >= 4 is 0 Å². The van der Waals surface area contributed by atoms with Crippen LogP contribution in [0.3, 0.4) is 0 Å². The fourth-order valence-corrected chi connectivity index (χ4v) is 3.34. The topological polar surface area (TPSA) is 45.2 Å². The number of benzene rings is 1. The number of rotatable bonds is 4. The third-order valence-corrected chi connectivity index (χ3v) is 4.71. The summed E-state index contributed by atoms with van der Waals surface area (Å²) >= 11 is 0. The van der Waals surface area contributed by atoms with Crippen molar-refractivity contribution in [3.63, 3.8) is 0 Å². The second-order valence-electron chi connectivity index (χ2n) is 5.93. The molecule has 2 unspecified atom stereocenters. The highest BCUT2D eigenvalue weighted by molar-refractivity contribution is 5.43. The second kappa shape index (κ2) is 6.86. The third kappa shape index (κ3) is 3.07. The number of aliphatic hydroxyl groups is 1. The zero-order chi connectivity index (χ0) is 15.5. The predicted octanol–water partition coefficient (Wildman–Crippen LogP) is 1.52. The van der Waals surface area contributed by atoms with Gasteiger partial charge in [0.15, 0.2) is 0 Å². The molecule has 0 spiro atoms. The summed E-state index contributed by atoms with van der Waals surface area (Å²) in [6.07, 6.45) is -0.516. The van der Waals surface area contributed by atoms with E-state index in [0.717, 1.165) is 49.8 Å². The molecule has 2 aliphatic heterocycles. The zero-order valence-electron chi connectivity index (χ0n) is 13.5. The smallest absolute Gasteiger partial charge is 0.125 e. The molecule has 5 heteroatoms. The van der Waals surface area contributed by atoms with Crippen LogP contribution in [-0.2, 0) is 0 Å². The number of likely N-dealkylation sites (N-methyl/N-ethyl adjacent to an activating group) is 1. The number of aliphatic hydroxyl groups excluding tert-OH is 1. The molecule has 0 amide bonds. The van der Waals surface area contributed by atoms with Gasteiger partial charge in [-0.1, -0.05) is 6.92 Å². The first-order valence-electron chi connectivity index (χ1n) is 8.27. The lowest BCUT2D eigenvalue weighted by atomic mass is 9.97. The predicted molar refractivity (Wildman–Crippen MR) is 85.5 cm³/mol. The molecule has 1 aromatic carbocycles. The van der Waals surface area contributed by atoms with Crippen LogP contribution in [0.2, 0.25) is 0 Å². The van der Waals surface area contributed by atoms with Crippen molar-refractivity contribution in [2.75, 3.05) is 45.9 Å². The minimum Gasteiger partial charge on any atom is -0.494 e. The molecule has 1 saturated heterocycles. The summed E-state index contributed by atoms with van der Waals surface area (Å²) < 4.78 is 11.4.